The molecule has 0 radical (unpaired) electrons. The lowest BCUT2D eigenvalue weighted by molar-refractivity contribution is 0.383. The third-order valence-electron chi connectivity index (χ3n) is 5.40. The first kappa shape index (κ1) is 19.6. The predicted molar refractivity (Wildman–Crippen MR) is 111 cm³/mol. The number of hydrogen-bond donors (Lipinski definition) is 0. The molecule has 1 fully saturated rings. The van der Waals surface area contributed by atoms with Crippen LogP contribution in [0.2, 0.25) is 0 Å². The third-order valence-corrected chi connectivity index (χ3v) is 7.44. The van der Waals surface area contributed by atoms with Gasteiger partial charge in [-0.05, 0) is 67.8 Å². The summed E-state index contributed by atoms with van der Waals surface area (Å²) in [5.74, 6) is 1.41. The van der Waals surface area contributed by atoms with Gasteiger partial charge in [0.05, 0.1) is 11.2 Å². The minimum absolute atomic E-state index is 0.400. The molecule has 0 spiro atoms. The lowest BCUT2D eigenvalue weighted by Crippen LogP contribution is -2.49. The van der Waals surface area contributed by atoms with Crippen LogP contribution in [0.3, 0.4) is 0 Å². The molecule has 0 N–H and O–H groups in total. The molecule has 2 aromatic heterocycles. The summed E-state index contributed by atoms with van der Waals surface area (Å²) in [7, 11) is -3.52. The summed E-state index contributed by atoms with van der Waals surface area (Å²) in [6.07, 6.45) is 1.60. The molecule has 0 saturated carbocycles. The molecular weight excluding hydrogens is 388 g/mol. The Kier molecular flexibility index (Phi) is 5.14. The van der Waals surface area contributed by atoms with Crippen LogP contribution in [0.5, 0.6) is 0 Å². The highest BCUT2D eigenvalue weighted by atomic mass is 32.2. The molecule has 1 saturated heterocycles. The largest absolute Gasteiger partial charge is 0.463 e. The highest BCUT2D eigenvalue weighted by molar-refractivity contribution is 7.89. The smallest absolute Gasteiger partial charge is 0.243 e. The SMILES string of the molecule is Cc1cc(C)c(S(=O)(=O)N2CCN(c3ccc(-c4ccco4)nn3)CC2)cc1C. The van der Waals surface area contributed by atoms with Crippen molar-refractivity contribution in [2.75, 3.05) is 31.1 Å². The molecule has 7 nitrogen and oxygen atoms in total. The van der Waals surface area contributed by atoms with Gasteiger partial charge in [-0.2, -0.15) is 4.31 Å². The zero-order valence-corrected chi connectivity index (χ0v) is 17.6. The van der Waals surface area contributed by atoms with Crippen molar-refractivity contribution in [2.24, 2.45) is 0 Å². The second kappa shape index (κ2) is 7.61. The van der Waals surface area contributed by atoms with Crippen molar-refractivity contribution in [3.63, 3.8) is 0 Å². The van der Waals surface area contributed by atoms with Crippen LogP contribution in [0.25, 0.3) is 11.5 Å². The third kappa shape index (κ3) is 3.77. The van der Waals surface area contributed by atoms with Gasteiger partial charge >= 0.3 is 0 Å². The Hall–Kier alpha value is -2.71. The number of aromatic nitrogens is 2. The molecule has 0 aliphatic carbocycles. The van der Waals surface area contributed by atoms with Gasteiger partial charge in [0.1, 0.15) is 5.69 Å². The van der Waals surface area contributed by atoms with Crippen LogP contribution in [-0.2, 0) is 10.0 Å². The van der Waals surface area contributed by atoms with E-state index in [0.29, 0.717) is 42.5 Å². The summed E-state index contributed by atoms with van der Waals surface area (Å²) in [5.41, 5.74) is 3.54. The molecule has 0 amide bonds. The van der Waals surface area contributed by atoms with Crippen LogP contribution in [0, 0.1) is 20.8 Å². The van der Waals surface area contributed by atoms with Crippen LogP contribution in [0.15, 0.2) is 52.0 Å². The molecule has 0 bridgehead atoms. The van der Waals surface area contributed by atoms with E-state index >= 15 is 0 Å². The Bertz CT molecular complexity index is 1100. The quantitative estimate of drug-likeness (QED) is 0.655. The molecule has 4 rings (SSSR count). The normalized spacial score (nSPS) is 15.6. The van der Waals surface area contributed by atoms with E-state index in [1.807, 2.05) is 51.1 Å². The van der Waals surface area contributed by atoms with E-state index in [9.17, 15) is 8.42 Å². The van der Waals surface area contributed by atoms with Crippen molar-refractivity contribution < 1.29 is 12.8 Å². The van der Waals surface area contributed by atoms with Gasteiger partial charge in [0.15, 0.2) is 11.6 Å². The van der Waals surface area contributed by atoms with Crippen molar-refractivity contribution in [3.05, 3.63) is 59.4 Å². The standard InChI is InChI=1S/C21H24N4O3S/c1-15-13-17(3)20(14-16(15)2)29(26,27)25-10-8-24(9-11-25)21-7-6-18(22-23-21)19-5-4-12-28-19/h4-7,12-14H,8-11H2,1-3H3. The fourth-order valence-corrected chi connectivity index (χ4v) is 5.27. The van der Waals surface area contributed by atoms with E-state index < -0.39 is 10.0 Å². The van der Waals surface area contributed by atoms with Gasteiger partial charge in [-0.25, -0.2) is 8.42 Å². The van der Waals surface area contributed by atoms with E-state index in [0.717, 1.165) is 22.5 Å². The minimum atomic E-state index is -3.52. The number of anilines is 1. The number of furan rings is 1. The van der Waals surface area contributed by atoms with Crippen molar-refractivity contribution in [1.82, 2.24) is 14.5 Å². The van der Waals surface area contributed by atoms with Gasteiger partial charge in [0, 0.05) is 26.2 Å². The van der Waals surface area contributed by atoms with Gasteiger partial charge in [-0.3, -0.25) is 0 Å². The number of sulfonamides is 1. The van der Waals surface area contributed by atoms with E-state index in [4.69, 9.17) is 4.42 Å². The second-order valence-electron chi connectivity index (χ2n) is 7.35. The topological polar surface area (TPSA) is 79.5 Å². The Morgan fingerprint density at radius 2 is 1.62 bits per heavy atom. The molecule has 152 valence electrons. The molecule has 0 unspecified atom stereocenters. The molecule has 8 heteroatoms. The highest BCUT2D eigenvalue weighted by Crippen LogP contribution is 2.25. The molecule has 0 atom stereocenters. The molecule has 1 aliphatic heterocycles. The molecular formula is C21H24N4O3S. The summed E-state index contributed by atoms with van der Waals surface area (Å²) in [5, 5.41) is 8.51. The second-order valence-corrected chi connectivity index (χ2v) is 9.25. The average Bonchev–Trinajstić information content (AvgIpc) is 3.26. The monoisotopic (exact) mass is 412 g/mol. The number of hydrogen-bond acceptors (Lipinski definition) is 6. The number of aryl methyl sites for hydroxylation is 3. The maximum Gasteiger partial charge on any atom is 0.243 e. The Morgan fingerprint density at radius 3 is 2.24 bits per heavy atom. The van der Waals surface area contributed by atoms with Gasteiger partial charge < -0.3 is 9.32 Å². The lowest BCUT2D eigenvalue weighted by atomic mass is 10.1. The van der Waals surface area contributed by atoms with Crippen molar-refractivity contribution in [1.29, 1.82) is 0 Å². The van der Waals surface area contributed by atoms with Crippen molar-refractivity contribution in [3.8, 4) is 11.5 Å². The molecule has 3 aromatic rings. The molecule has 3 heterocycles. The van der Waals surface area contributed by atoms with E-state index in [-0.39, 0.29) is 0 Å². The zero-order chi connectivity index (χ0) is 20.6. The van der Waals surface area contributed by atoms with Crippen LogP contribution >= 0.6 is 0 Å². The summed E-state index contributed by atoms with van der Waals surface area (Å²) in [6, 6.07) is 11.1. The van der Waals surface area contributed by atoms with Crippen LogP contribution in [0.4, 0.5) is 5.82 Å². The Balaban J connectivity index is 1.47. The lowest BCUT2D eigenvalue weighted by Gasteiger charge is -2.34. The van der Waals surface area contributed by atoms with E-state index in [1.165, 1.54) is 0 Å². The van der Waals surface area contributed by atoms with Gasteiger partial charge in [-0.15, -0.1) is 10.2 Å². The molecule has 1 aliphatic rings. The zero-order valence-electron chi connectivity index (χ0n) is 16.8. The average molecular weight is 413 g/mol. The summed E-state index contributed by atoms with van der Waals surface area (Å²) < 4.78 is 33.2. The van der Waals surface area contributed by atoms with E-state index in [1.54, 1.807) is 16.6 Å². The van der Waals surface area contributed by atoms with Crippen molar-refractivity contribution >= 4 is 15.8 Å². The van der Waals surface area contributed by atoms with Crippen LogP contribution in [0.1, 0.15) is 16.7 Å². The summed E-state index contributed by atoms with van der Waals surface area (Å²) in [6.45, 7) is 7.75. The van der Waals surface area contributed by atoms with Gasteiger partial charge in [0.2, 0.25) is 10.0 Å². The fourth-order valence-electron chi connectivity index (χ4n) is 3.56. The minimum Gasteiger partial charge on any atom is -0.463 e. The summed E-state index contributed by atoms with van der Waals surface area (Å²) in [4.78, 5) is 2.45. The first-order valence-electron chi connectivity index (χ1n) is 9.57. The van der Waals surface area contributed by atoms with E-state index in [2.05, 4.69) is 15.1 Å². The number of piperazine rings is 1. The Labute approximate surface area is 171 Å². The first-order valence-corrected chi connectivity index (χ1v) is 11.0. The number of nitrogens with zero attached hydrogens (tertiary/aromatic N) is 4. The van der Waals surface area contributed by atoms with Gasteiger partial charge in [0.25, 0.3) is 0 Å². The predicted octanol–water partition coefficient (Wildman–Crippen LogP) is 3.17. The fraction of sp³-hybridized carbons (Fsp3) is 0.333. The van der Waals surface area contributed by atoms with Crippen LogP contribution < -0.4 is 4.90 Å². The molecule has 29 heavy (non-hydrogen) atoms. The van der Waals surface area contributed by atoms with Crippen molar-refractivity contribution in [2.45, 2.75) is 25.7 Å². The van der Waals surface area contributed by atoms with Crippen LogP contribution in [-0.4, -0.2) is 49.1 Å². The Morgan fingerprint density at radius 1 is 0.897 bits per heavy atom. The maximum atomic E-state index is 13.2. The maximum absolute atomic E-state index is 13.2. The molecule has 1 aromatic carbocycles. The number of rotatable bonds is 4. The van der Waals surface area contributed by atoms with Gasteiger partial charge in [-0.1, -0.05) is 6.07 Å². The first-order chi connectivity index (χ1) is 13.9. The highest BCUT2D eigenvalue weighted by Gasteiger charge is 2.30. The summed E-state index contributed by atoms with van der Waals surface area (Å²) >= 11 is 0. The number of benzene rings is 1.